The second kappa shape index (κ2) is 5.09. The molecule has 24 heavy (non-hydrogen) atoms. The second-order valence-corrected chi connectivity index (χ2v) is 5.19. The third-order valence-corrected chi connectivity index (χ3v) is 3.79. The molecule has 1 aliphatic rings. The van der Waals surface area contributed by atoms with E-state index in [0.717, 1.165) is 0 Å². The van der Waals surface area contributed by atoms with E-state index in [-0.39, 0.29) is 46.5 Å². The second-order valence-electron chi connectivity index (χ2n) is 5.19. The Labute approximate surface area is 135 Å². The number of aromatic hydroxyl groups is 2. The van der Waals surface area contributed by atoms with Crippen LogP contribution in [0.3, 0.4) is 0 Å². The van der Waals surface area contributed by atoms with Gasteiger partial charge in [0.15, 0.2) is 28.4 Å². The van der Waals surface area contributed by atoms with E-state index in [2.05, 4.69) is 0 Å². The smallest absolute Gasteiger partial charge is 0.231 e. The van der Waals surface area contributed by atoms with E-state index in [4.69, 9.17) is 18.6 Å². The first-order valence-corrected chi connectivity index (χ1v) is 7.05. The molecule has 1 aliphatic heterocycles. The zero-order valence-electron chi connectivity index (χ0n) is 12.5. The largest absolute Gasteiger partial charge is 0.504 e. The monoisotopic (exact) mass is 328 g/mol. The number of benzene rings is 2. The van der Waals surface area contributed by atoms with E-state index in [9.17, 15) is 15.0 Å². The van der Waals surface area contributed by atoms with Gasteiger partial charge in [-0.15, -0.1) is 0 Å². The van der Waals surface area contributed by atoms with Gasteiger partial charge in [0, 0.05) is 17.7 Å². The molecular weight excluding hydrogens is 316 g/mol. The van der Waals surface area contributed by atoms with Crippen LogP contribution in [0.5, 0.6) is 28.7 Å². The molecule has 122 valence electrons. The molecule has 2 heterocycles. The van der Waals surface area contributed by atoms with Crippen molar-refractivity contribution in [2.24, 2.45) is 0 Å². The molecule has 7 nitrogen and oxygen atoms in total. The topological polar surface area (TPSA) is 98.4 Å². The maximum Gasteiger partial charge on any atom is 0.231 e. The number of rotatable bonds is 2. The van der Waals surface area contributed by atoms with Gasteiger partial charge in [-0.3, -0.25) is 4.79 Å². The van der Waals surface area contributed by atoms with Gasteiger partial charge in [-0.05, 0) is 18.2 Å². The number of fused-ring (bicyclic) bond motifs is 2. The molecule has 0 saturated heterocycles. The summed E-state index contributed by atoms with van der Waals surface area (Å²) in [7, 11) is 1.42. The Morgan fingerprint density at radius 2 is 1.96 bits per heavy atom. The van der Waals surface area contributed by atoms with E-state index in [1.54, 1.807) is 12.1 Å². The lowest BCUT2D eigenvalue weighted by atomic mass is 10.1. The molecule has 7 heteroatoms. The van der Waals surface area contributed by atoms with Gasteiger partial charge < -0.3 is 28.8 Å². The zero-order valence-corrected chi connectivity index (χ0v) is 12.5. The summed E-state index contributed by atoms with van der Waals surface area (Å²) >= 11 is 0. The Balaban J connectivity index is 1.96. The number of ether oxygens (including phenoxy) is 3. The first-order chi connectivity index (χ1) is 11.6. The molecule has 2 N–H and O–H groups in total. The van der Waals surface area contributed by atoms with Crippen molar-refractivity contribution < 1.29 is 28.8 Å². The van der Waals surface area contributed by atoms with Gasteiger partial charge in [0.2, 0.25) is 12.5 Å². The van der Waals surface area contributed by atoms with Gasteiger partial charge in [0.05, 0.1) is 7.11 Å². The summed E-state index contributed by atoms with van der Waals surface area (Å²) in [6.07, 6.45) is 0. The fraction of sp³-hybridized carbons (Fsp3) is 0.118. The number of methoxy groups -OCH3 is 1. The number of hydrogen-bond acceptors (Lipinski definition) is 7. The highest BCUT2D eigenvalue weighted by atomic mass is 16.7. The summed E-state index contributed by atoms with van der Waals surface area (Å²) in [4.78, 5) is 12.4. The van der Waals surface area contributed by atoms with Crippen molar-refractivity contribution in [2.75, 3.05) is 13.9 Å². The Morgan fingerprint density at radius 3 is 2.75 bits per heavy atom. The first-order valence-electron chi connectivity index (χ1n) is 7.05. The molecular formula is C17H12O7. The van der Waals surface area contributed by atoms with E-state index in [1.165, 1.54) is 25.3 Å². The van der Waals surface area contributed by atoms with E-state index >= 15 is 0 Å². The fourth-order valence-corrected chi connectivity index (χ4v) is 2.63. The molecule has 0 radical (unpaired) electrons. The molecule has 1 aromatic heterocycles. The maximum absolute atomic E-state index is 12.4. The van der Waals surface area contributed by atoms with E-state index in [1.807, 2.05) is 0 Å². The number of hydrogen-bond donors (Lipinski definition) is 2. The third-order valence-electron chi connectivity index (χ3n) is 3.79. The van der Waals surface area contributed by atoms with Gasteiger partial charge in [0.25, 0.3) is 0 Å². The van der Waals surface area contributed by atoms with Crippen LogP contribution < -0.4 is 19.6 Å². The van der Waals surface area contributed by atoms with Crippen molar-refractivity contribution in [3.63, 3.8) is 0 Å². The van der Waals surface area contributed by atoms with Crippen LogP contribution in [0.4, 0.5) is 0 Å². The minimum Gasteiger partial charge on any atom is -0.504 e. The average molecular weight is 328 g/mol. The zero-order chi connectivity index (χ0) is 16.8. The van der Waals surface area contributed by atoms with Crippen molar-refractivity contribution in [1.82, 2.24) is 0 Å². The summed E-state index contributed by atoms with van der Waals surface area (Å²) in [5, 5.41) is 19.9. The predicted molar refractivity (Wildman–Crippen MR) is 83.9 cm³/mol. The van der Waals surface area contributed by atoms with Crippen LogP contribution >= 0.6 is 0 Å². The van der Waals surface area contributed by atoms with E-state index in [0.29, 0.717) is 11.3 Å². The molecule has 0 aliphatic carbocycles. The van der Waals surface area contributed by atoms with Crippen LogP contribution in [0.25, 0.3) is 22.3 Å². The van der Waals surface area contributed by atoms with Gasteiger partial charge in [-0.1, -0.05) is 0 Å². The average Bonchev–Trinajstić information content (AvgIpc) is 3.03. The molecule has 2 aromatic carbocycles. The Kier molecular flexibility index (Phi) is 3.02. The highest BCUT2D eigenvalue weighted by Crippen LogP contribution is 2.45. The van der Waals surface area contributed by atoms with Crippen LogP contribution in [-0.4, -0.2) is 24.1 Å². The van der Waals surface area contributed by atoms with Crippen LogP contribution in [-0.2, 0) is 0 Å². The standard InChI is InChI=1S/C17H12O7/c1-21-12-4-8(2-3-9(12)18)11-5-10(19)15-13(24-11)6-14-17(16(15)20)23-7-22-14/h2-6,18,20H,7H2,1H3. The van der Waals surface area contributed by atoms with Crippen LogP contribution in [0, 0.1) is 0 Å². The molecule has 0 unspecified atom stereocenters. The van der Waals surface area contributed by atoms with Gasteiger partial charge in [-0.25, -0.2) is 0 Å². The molecule has 0 saturated carbocycles. The van der Waals surface area contributed by atoms with Gasteiger partial charge in [-0.2, -0.15) is 0 Å². The minimum absolute atomic E-state index is 0.0220. The summed E-state index contributed by atoms with van der Waals surface area (Å²) in [5.74, 6) is 0.638. The van der Waals surface area contributed by atoms with Crippen LogP contribution in [0.15, 0.2) is 39.5 Å². The van der Waals surface area contributed by atoms with Gasteiger partial charge in [0.1, 0.15) is 16.7 Å². The van der Waals surface area contributed by atoms with Crippen molar-refractivity contribution >= 4 is 11.0 Å². The summed E-state index contributed by atoms with van der Waals surface area (Å²) < 4.78 is 21.2. The first kappa shape index (κ1) is 14.3. The van der Waals surface area contributed by atoms with Crippen molar-refractivity contribution in [3.8, 4) is 40.1 Å². The molecule has 0 amide bonds. The lowest BCUT2D eigenvalue weighted by Crippen LogP contribution is -2.01. The SMILES string of the molecule is COc1cc(-c2cc(=O)c3c(O)c4c(cc3o2)OCO4)ccc1O. The van der Waals surface area contributed by atoms with Crippen LogP contribution in [0.1, 0.15) is 0 Å². The fourth-order valence-electron chi connectivity index (χ4n) is 2.63. The maximum atomic E-state index is 12.4. The summed E-state index contributed by atoms with van der Waals surface area (Å²) in [6.45, 7) is -0.0323. The molecule has 0 atom stereocenters. The normalized spacial score (nSPS) is 12.5. The third kappa shape index (κ3) is 2.02. The predicted octanol–water partition coefficient (Wildman–Crippen LogP) is 2.61. The molecule has 0 bridgehead atoms. The lowest BCUT2D eigenvalue weighted by Gasteiger charge is -2.08. The molecule has 3 aromatic rings. The van der Waals surface area contributed by atoms with Crippen molar-refractivity contribution in [1.29, 1.82) is 0 Å². The lowest BCUT2D eigenvalue weighted by molar-refractivity contribution is 0.171. The van der Waals surface area contributed by atoms with E-state index < -0.39 is 5.43 Å². The Bertz CT molecular complexity index is 1020. The highest BCUT2D eigenvalue weighted by Gasteiger charge is 2.24. The number of phenols is 2. The summed E-state index contributed by atoms with van der Waals surface area (Å²) in [6, 6.07) is 7.34. The quantitative estimate of drug-likeness (QED) is 0.746. The van der Waals surface area contributed by atoms with Crippen molar-refractivity contribution in [2.45, 2.75) is 0 Å². The molecule has 0 fully saturated rings. The number of phenolic OH excluding ortho intramolecular Hbond substituents is 2. The molecule has 0 spiro atoms. The highest BCUT2D eigenvalue weighted by molar-refractivity contribution is 5.89. The Morgan fingerprint density at radius 1 is 1.12 bits per heavy atom. The van der Waals surface area contributed by atoms with Crippen molar-refractivity contribution in [3.05, 3.63) is 40.6 Å². The minimum atomic E-state index is -0.422. The molecule has 4 rings (SSSR count). The van der Waals surface area contributed by atoms with Crippen LogP contribution in [0.2, 0.25) is 0 Å². The van der Waals surface area contributed by atoms with Gasteiger partial charge >= 0.3 is 0 Å². The summed E-state index contributed by atoms with van der Waals surface area (Å²) in [5.41, 5.74) is 0.293. The Hall–Kier alpha value is -3.35.